The summed E-state index contributed by atoms with van der Waals surface area (Å²) in [6, 6.07) is 7.07. The molecule has 0 radical (unpaired) electrons. The van der Waals surface area contributed by atoms with Crippen molar-refractivity contribution in [2.75, 3.05) is 46.5 Å². The third-order valence-electron chi connectivity index (χ3n) is 4.43. The maximum absolute atomic E-state index is 5.44. The fourth-order valence-corrected chi connectivity index (χ4v) is 3.85. The van der Waals surface area contributed by atoms with E-state index in [-0.39, 0.29) is 0 Å². The van der Waals surface area contributed by atoms with Crippen LogP contribution >= 0.6 is 15.9 Å². The lowest BCUT2D eigenvalue weighted by atomic mass is 10.2. The summed E-state index contributed by atoms with van der Waals surface area (Å²) in [5.74, 6) is 0.895. The zero-order chi connectivity index (χ0) is 14.7. The molecule has 2 saturated heterocycles. The number of hydrogen-bond acceptors (Lipinski definition) is 4. The molecule has 1 aromatic carbocycles. The summed E-state index contributed by atoms with van der Waals surface area (Å²) in [6.07, 6.45) is 1.28. The van der Waals surface area contributed by atoms with Crippen LogP contribution in [0.5, 0.6) is 5.75 Å². The predicted octanol–water partition coefficient (Wildman–Crippen LogP) is 2.36. The Kier molecular flexibility index (Phi) is 5.16. The molecule has 0 bridgehead atoms. The Morgan fingerprint density at radius 3 is 2.81 bits per heavy atom. The monoisotopic (exact) mass is 354 g/mol. The van der Waals surface area contributed by atoms with Crippen LogP contribution < -0.4 is 4.74 Å². The molecule has 3 rings (SSSR count). The smallest absolute Gasteiger partial charge is 0.133 e. The molecule has 116 valence electrons. The van der Waals surface area contributed by atoms with Crippen molar-refractivity contribution in [1.82, 2.24) is 9.80 Å². The molecular formula is C16H23BrN2O2. The molecule has 5 heteroatoms. The third kappa shape index (κ3) is 3.77. The standard InChI is InChI=1S/C16H23BrN2O2/c1-20-16-3-2-13(10-15(16)17)11-18-5-4-14(12-18)19-6-8-21-9-7-19/h2-3,10,14H,4-9,11-12H2,1H3. The van der Waals surface area contributed by atoms with E-state index in [1.54, 1.807) is 7.11 Å². The highest BCUT2D eigenvalue weighted by Crippen LogP contribution is 2.27. The minimum atomic E-state index is 0.704. The van der Waals surface area contributed by atoms with Crippen LogP contribution in [0.2, 0.25) is 0 Å². The first-order valence-electron chi connectivity index (χ1n) is 7.63. The Balaban J connectivity index is 1.55. The van der Waals surface area contributed by atoms with Gasteiger partial charge in [0, 0.05) is 38.8 Å². The molecule has 0 spiro atoms. The second-order valence-corrected chi connectivity index (χ2v) is 6.65. The van der Waals surface area contributed by atoms with Crippen LogP contribution in [-0.2, 0) is 11.3 Å². The van der Waals surface area contributed by atoms with Gasteiger partial charge in [-0.1, -0.05) is 6.07 Å². The maximum Gasteiger partial charge on any atom is 0.133 e. The first-order chi connectivity index (χ1) is 10.3. The van der Waals surface area contributed by atoms with Crippen molar-refractivity contribution in [2.45, 2.75) is 19.0 Å². The lowest BCUT2D eigenvalue weighted by Crippen LogP contribution is -2.44. The molecule has 21 heavy (non-hydrogen) atoms. The van der Waals surface area contributed by atoms with Crippen LogP contribution in [0.1, 0.15) is 12.0 Å². The van der Waals surface area contributed by atoms with Crippen molar-refractivity contribution in [2.24, 2.45) is 0 Å². The van der Waals surface area contributed by atoms with E-state index in [2.05, 4.69) is 37.9 Å². The average molecular weight is 355 g/mol. The Bertz CT molecular complexity index is 477. The molecule has 2 heterocycles. The number of morpholine rings is 1. The molecule has 4 nitrogen and oxygen atoms in total. The van der Waals surface area contributed by atoms with Gasteiger partial charge in [0.25, 0.3) is 0 Å². The molecule has 0 aromatic heterocycles. The van der Waals surface area contributed by atoms with Crippen molar-refractivity contribution in [3.05, 3.63) is 28.2 Å². The van der Waals surface area contributed by atoms with E-state index in [0.29, 0.717) is 6.04 Å². The molecule has 2 aliphatic rings. The maximum atomic E-state index is 5.44. The van der Waals surface area contributed by atoms with Crippen LogP contribution in [0.3, 0.4) is 0 Å². The zero-order valence-electron chi connectivity index (χ0n) is 12.6. The SMILES string of the molecule is COc1ccc(CN2CCC(N3CCOCC3)C2)cc1Br. The molecule has 0 saturated carbocycles. The molecule has 0 N–H and O–H groups in total. The summed E-state index contributed by atoms with van der Waals surface area (Å²) >= 11 is 3.57. The summed E-state index contributed by atoms with van der Waals surface area (Å²) in [5.41, 5.74) is 1.34. The van der Waals surface area contributed by atoms with Gasteiger partial charge in [-0.25, -0.2) is 0 Å². The van der Waals surface area contributed by atoms with Crippen molar-refractivity contribution in [3.8, 4) is 5.75 Å². The van der Waals surface area contributed by atoms with Gasteiger partial charge < -0.3 is 9.47 Å². The first-order valence-corrected chi connectivity index (χ1v) is 8.42. The zero-order valence-corrected chi connectivity index (χ0v) is 14.1. The molecule has 0 aliphatic carbocycles. The Morgan fingerprint density at radius 2 is 2.10 bits per heavy atom. The summed E-state index contributed by atoms with van der Waals surface area (Å²) in [4.78, 5) is 5.14. The topological polar surface area (TPSA) is 24.9 Å². The van der Waals surface area contributed by atoms with E-state index in [0.717, 1.165) is 43.1 Å². The van der Waals surface area contributed by atoms with Gasteiger partial charge in [-0.2, -0.15) is 0 Å². The van der Waals surface area contributed by atoms with Crippen LogP contribution in [0, 0.1) is 0 Å². The fourth-order valence-electron chi connectivity index (χ4n) is 3.26. The van der Waals surface area contributed by atoms with Crippen molar-refractivity contribution < 1.29 is 9.47 Å². The normalized spacial score (nSPS) is 24.4. The average Bonchev–Trinajstić information content (AvgIpc) is 2.97. The highest BCUT2D eigenvalue weighted by Gasteiger charge is 2.28. The van der Waals surface area contributed by atoms with Gasteiger partial charge in [-0.3, -0.25) is 9.80 Å². The highest BCUT2D eigenvalue weighted by atomic mass is 79.9. The third-order valence-corrected chi connectivity index (χ3v) is 5.05. The van der Waals surface area contributed by atoms with Crippen molar-refractivity contribution >= 4 is 15.9 Å². The van der Waals surface area contributed by atoms with Gasteiger partial charge in [0.2, 0.25) is 0 Å². The Hall–Kier alpha value is -0.620. The van der Waals surface area contributed by atoms with Gasteiger partial charge in [-0.05, 0) is 40.0 Å². The number of likely N-dealkylation sites (tertiary alicyclic amines) is 1. The second-order valence-electron chi connectivity index (χ2n) is 5.79. The number of benzene rings is 1. The second kappa shape index (κ2) is 7.09. The van der Waals surface area contributed by atoms with E-state index >= 15 is 0 Å². The first kappa shape index (κ1) is 15.3. The minimum Gasteiger partial charge on any atom is -0.496 e. The van der Waals surface area contributed by atoms with Gasteiger partial charge in [0.05, 0.1) is 24.8 Å². The Morgan fingerprint density at radius 1 is 1.29 bits per heavy atom. The van der Waals surface area contributed by atoms with Crippen molar-refractivity contribution in [1.29, 1.82) is 0 Å². The number of hydrogen-bond donors (Lipinski definition) is 0. The Labute approximate surface area is 135 Å². The molecule has 2 aliphatic heterocycles. The summed E-state index contributed by atoms with van der Waals surface area (Å²) in [7, 11) is 1.70. The summed E-state index contributed by atoms with van der Waals surface area (Å²) in [6.45, 7) is 7.34. The lowest BCUT2D eigenvalue weighted by Gasteiger charge is -2.32. The quantitative estimate of drug-likeness (QED) is 0.828. The number of methoxy groups -OCH3 is 1. The van der Waals surface area contributed by atoms with E-state index < -0.39 is 0 Å². The van der Waals surface area contributed by atoms with Crippen molar-refractivity contribution in [3.63, 3.8) is 0 Å². The molecule has 0 amide bonds. The van der Waals surface area contributed by atoms with Crippen LogP contribution in [0.15, 0.2) is 22.7 Å². The number of halogens is 1. The minimum absolute atomic E-state index is 0.704. The number of rotatable bonds is 4. The molecule has 2 fully saturated rings. The van der Waals surface area contributed by atoms with Gasteiger partial charge in [0.1, 0.15) is 5.75 Å². The fraction of sp³-hybridized carbons (Fsp3) is 0.625. The molecule has 1 atom stereocenters. The van der Waals surface area contributed by atoms with E-state index in [1.165, 1.54) is 25.1 Å². The summed E-state index contributed by atoms with van der Waals surface area (Å²) in [5, 5.41) is 0. The van der Waals surface area contributed by atoms with E-state index in [1.807, 2.05) is 6.07 Å². The molecule has 1 aromatic rings. The van der Waals surface area contributed by atoms with Crippen LogP contribution in [0.25, 0.3) is 0 Å². The summed E-state index contributed by atoms with van der Waals surface area (Å²) < 4.78 is 11.8. The van der Waals surface area contributed by atoms with Gasteiger partial charge >= 0.3 is 0 Å². The van der Waals surface area contributed by atoms with Crippen LogP contribution in [0.4, 0.5) is 0 Å². The largest absolute Gasteiger partial charge is 0.496 e. The van der Waals surface area contributed by atoms with Crippen LogP contribution in [-0.4, -0.2) is 62.3 Å². The highest BCUT2D eigenvalue weighted by molar-refractivity contribution is 9.10. The van der Waals surface area contributed by atoms with Gasteiger partial charge in [0.15, 0.2) is 0 Å². The lowest BCUT2D eigenvalue weighted by molar-refractivity contribution is 0.0184. The van der Waals surface area contributed by atoms with E-state index in [9.17, 15) is 0 Å². The predicted molar refractivity (Wildman–Crippen MR) is 86.8 cm³/mol. The van der Waals surface area contributed by atoms with Gasteiger partial charge in [-0.15, -0.1) is 0 Å². The molecular weight excluding hydrogens is 332 g/mol. The van der Waals surface area contributed by atoms with E-state index in [4.69, 9.17) is 9.47 Å². The number of ether oxygens (including phenoxy) is 2. The number of nitrogens with zero attached hydrogens (tertiary/aromatic N) is 2. The molecule has 1 unspecified atom stereocenters.